The number of nitrogens with one attached hydrogen (secondary N) is 1. The Balaban J connectivity index is 3.15. The first-order chi connectivity index (χ1) is 5.15. The van der Waals surface area contributed by atoms with E-state index in [2.05, 4.69) is 5.10 Å². The van der Waals surface area contributed by atoms with Gasteiger partial charge in [-0.05, 0) is 6.92 Å². The number of nitrogens with zero attached hydrogens (tertiary/aromatic N) is 1. The highest BCUT2D eigenvalue weighted by Crippen LogP contribution is 1.88. The van der Waals surface area contributed by atoms with Gasteiger partial charge < -0.3 is 5.11 Å². The fourth-order valence-corrected chi connectivity index (χ4v) is 0.779. The molecule has 1 heterocycles. The second-order valence-corrected chi connectivity index (χ2v) is 2.06. The fraction of sp³-hybridized carbons (Fsp3) is 0.333. The van der Waals surface area contributed by atoms with Crippen LogP contribution >= 0.6 is 0 Å². The number of aromatic nitrogens is 2. The Bertz CT molecular complexity index is 323. The van der Waals surface area contributed by atoms with E-state index in [0.29, 0.717) is 6.54 Å². The van der Waals surface area contributed by atoms with Gasteiger partial charge in [0.1, 0.15) is 5.69 Å². The van der Waals surface area contributed by atoms with E-state index < -0.39 is 5.97 Å². The Labute approximate surface area is 62.3 Å². The van der Waals surface area contributed by atoms with E-state index in [0.717, 1.165) is 6.07 Å². The first-order valence-electron chi connectivity index (χ1n) is 3.18. The number of aromatic carboxylic acids is 1. The van der Waals surface area contributed by atoms with Crippen LogP contribution in [0.2, 0.25) is 0 Å². The van der Waals surface area contributed by atoms with Crippen molar-refractivity contribution in [3.05, 3.63) is 22.1 Å². The van der Waals surface area contributed by atoms with Crippen LogP contribution in [0, 0.1) is 0 Å². The smallest absolute Gasteiger partial charge is 0.353 e. The number of carboxylic acids is 1. The van der Waals surface area contributed by atoms with Gasteiger partial charge in [0.15, 0.2) is 0 Å². The molecule has 5 nitrogen and oxygen atoms in total. The van der Waals surface area contributed by atoms with Crippen LogP contribution < -0.4 is 5.56 Å². The topological polar surface area (TPSA) is 75.1 Å². The Kier molecular flexibility index (Phi) is 1.80. The van der Waals surface area contributed by atoms with Crippen LogP contribution in [0.3, 0.4) is 0 Å². The molecule has 0 amide bonds. The van der Waals surface area contributed by atoms with E-state index in [1.807, 2.05) is 0 Å². The molecule has 0 unspecified atom stereocenters. The number of H-pyrrole nitrogens is 1. The summed E-state index contributed by atoms with van der Waals surface area (Å²) >= 11 is 0. The summed E-state index contributed by atoms with van der Waals surface area (Å²) in [5.74, 6) is -1.12. The molecule has 0 radical (unpaired) electrons. The maximum Gasteiger partial charge on any atom is 0.353 e. The quantitative estimate of drug-likeness (QED) is 0.627. The van der Waals surface area contributed by atoms with Crippen molar-refractivity contribution in [2.45, 2.75) is 13.5 Å². The Morgan fingerprint density at radius 1 is 1.82 bits per heavy atom. The van der Waals surface area contributed by atoms with Crippen LogP contribution in [-0.2, 0) is 6.54 Å². The molecule has 1 aromatic rings. The number of carbonyl (C=O) groups is 1. The SMILES string of the molecule is CCn1[nH]c(C(=O)O)cc1=O. The van der Waals surface area contributed by atoms with E-state index in [1.165, 1.54) is 4.68 Å². The predicted molar refractivity (Wildman–Crippen MR) is 37.7 cm³/mol. The van der Waals surface area contributed by atoms with Gasteiger partial charge in [0.25, 0.3) is 5.56 Å². The third-order valence-corrected chi connectivity index (χ3v) is 1.34. The number of aromatic amines is 1. The molecule has 1 rings (SSSR count). The average Bonchev–Trinajstić information content (AvgIpc) is 2.31. The zero-order valence-electron chi connectivity index (χ0n) is 6.00. The van der Waals surface area contributed by atoms with E-state index in [1.54, 1.807) is 6.92 Å². The molecule has 0 bridgehead atoms. The second kappa shape index (κ2) is 2.61. The van der Waals surface area contributed by atoms with Gasteiger partial charge in [-0.15, -0.1) is 0 Å². The Morgan fingerprint density at radius 3 is 2.73 bits per heavy atom. The molecule has 60 valence electrons. The zero-order valence-corrected chi connectivity index (χ0v) is 6.00. The van der Waals surface area contributed by atoms with Crippen molar-refractivity contribution in [3.8, 4) is 0 Å². The molecule has 0 saturated heterocycles. The summed E-state index contributed by atoms with van der Waals surface area (Å²) < 4.78 is 1.23. The maximum atomic E-state index is 10.8. The van der Waals surface area contributed by atoms with Gasteiger partial charge in [-0.1, -0.05) is 0 Å². The number of rotatable bonds is 2. The van der Waals surface area contributed by atoms with Crippen molar-refractivity contribution < 1.29 is 9.90 Å². The van der Waals surface area contributed by atoms with Gasteiger partial charge in [0.05, 0.1) is 0 Å². The lowest BCUT2D eigenvalue weighted by Crippen LogP contribution is -2.13. The minimum Gasteiger partial charge on any atom is -0.477 e. The molecule has 0 saturated carbocycles. The molecule has 11 heavy (non-hydrogen) atoms. The monoisotopic (exact) mass is 156 g/mol. The summed E-state index contributed by atoms with van der Waals surface area (Å²) in [4.78, 5) is 21.1. The summed E-state index contributed by atoms with van der Waals surface area (Å²) in [7, 11) is 0. The second-order valence-electron chi connectivity index (χ2n) is 2.06. The number of hydrogen-bond donors (Lipinski definition) is 2. The van der Waals surface area contributed by atoms with Gasteiger partial charge in [-0.2, -0.15) is 0 Å². The molecular weight excluding hydrogens is 148 g/mol. The summed E-state index contributed by atoms with van der Waals surface area (Å²) in [5.41, 5.74) is -0.387. The van der Waals surface area contributed by atoms with E-state index in [9.17, 15) is 9.59 Å². The first kappa shape index (κ1) is 7.59. The lowest BCUT2D eigenvalue weighted by molar-refractivity contribution is 0.0689. The fourth-order valence-electron chi connectivity index (χ4n) is 0.779. The molecule has 0 aliphatic heterocycles. The maximum absolute atomic E-state index is 10.8. The lowest BCUT2D eigenvalue weighted by atomic mass is 10.4. The van der Waals surface area contributed by atoms with Crippen molar-refractivity contribution >= 4 is 5.97 Å². The molecule has 5 heteroatoms. The summed E-state index contributed by atoms with van der Waals surface area (Å²) in [6, 6.07) is 1.06. The van der Waals surface area contributed by atoms with Crippen LogP contribution in [0.25, 0.3) is 0 Å². The highest BCUT2D eigenvalue weighted by Gasteiger charge is 2.06. The minimum absolute atomic E-state index is 0.0724. The average molecular weight is 156 g/mol. The van der Waals surface area contributed by atoms with Crippen LogP contribution in [0.15, 0.2) is 10.9 Å². The molecule has 0 atom stereocenters. The number of carboxylic acid groups (broad SMARTS) is 1. The van der Waals surface area contributed by atoms with Gasteiger partial charge >= 0.3 is 5.97 Å². The van der Waals surface area contributed by atoms with Crippen LogP contribution in [0.5, 0.6) is 0 Å². The number of hydrogen-bond acceptors (Lipinski definition) is 2. The van der Waals surface area contributed by atoms with Crippen molar-refractivity contribution in [2.24, 2.45) is 0 Å². The minimum atomic E-state index is -1.12. The standard InChI is InChI=1S/C6H8N2O3/c1-2-8-5(9)3-4(7-8)6(10)11/h3,7H,2H2,1H3,(H,10,11). The molecule has 0 aliphatic rings. The first-order valence-corrected chi connectivity index (χ1v) is 3.18. The lowest BCUT2D eigenvalue weighted by Gasteiger charge is -1.91. The summed E-state index contributed by atoms with van der Waals surface area (Å²) in [6.45, 7) is 2.20. The molecule has 0 spiro atoms. The molecule has 0 aliphatic carbocycles. The van der Waals surface area contributed by atoms with Crippen LogP contribution in [0.1, 0.15) is 17.4 Å². The third-order valence-electron chi connectivity index (χ3n) is 1.34. The van der Waals surface area contributed by atoms with Gasteiger partial charge in [0, 0.05) is 12.6 Å². The highest BCUT2D eigenvalue weighted by atomic mass is 16.4. The van der Waals surface area contributed by atoms with E-state index in [4.69, 9.17) is 5.11 Å². The van der Waals surface area contributed by atoms with Crippen LogP contribution in [0.4, 0.5) is 0 Å². The zero-order chi connectivity index (χ0) is 8.43. The van der Waals surface area contributed by atoms with Crippen molar-refractivity contribution in [2.75, 3.05) is 0 Å². The highest BCUT2D eigenvalue weighted by molar-refractivity contribution is 5.84. The predicted octanol–water partition coefficient (Wildman–Crippen LogP) is -0.105. The third kappa shape index (κ3) is 1.31. The molecular formula is C6H8N2O3. The molecule has 1 aromatic heterocycles. The summed E-state index contributed by atoms with van der Waals surface area (Å²) in [6.07, 6.45) is 0. The van der Waals surface area contributed by atoms with E-state index in [-0.39, 0.29) is 11.3 Å². The summed E-state index contributed by atoms with van der Waals surface area (Å²) in [5, 5.41) is 10.9. The molecule has 0 fully saturated rings. The number of aryl methyl sites for hydroxylation is 1. The normalized spacial score (nSPS) is 9.91. The van der Waals surface area contributed by atoms with Crippen LogP contribution in [-0.4, -0.2) is 20.9 Å². The Morgan fingerprint density at radius 2 is 2.45 bits per heavy atom. The van der Waals surface area contributed by atoms with Gasteiger partial charge in [0.2, 0.25) is 0 Å². The largest absolute Gasteiger partial charge is 0.477 e. The van der Waals surface area contributed by atoms with E-state index >= 15 is 0 Å². The Hall–Kier alpha value is -1.52. The molecule has 0 aromatic carbocycles. The van der Waals surface area contributed by atoms with Crippen molar-refractivity contribution in [3.63, 3.8) is 0 Å². The van der Waals surface area contributed by atoms with Crippen molar-refractivity contribution in [1.29, 1.82) is 0 Å². The van der Waals surface area contributed by atoms with Crippen molar-refractivity contribution in [1.82, 2.24) is 9.78 Å². The van der Waals surface area contributed by atoms with Gasteiger partial charge in [-0.3, -0.25) is 14.6 Å². The van der Waals surface area contributed by atoms with Gasteiger partial charge in [-0.25, -0.2) is 4.79 Å². The molecule has 2 N–H and O–H groups in total.